The summed E-state index contributed by atoms with van der Waals surface area (Å²) in [4.78, 5) is 37.4. The molecule has 1 fully saturated rings. The number of nitrogens with one attached hydrogen (secondary N) is 2. The molecule has 3 N–H and O–H groups in total. The molecule has 7 heteroatoms. The minimum Gasteiger partial charge on any atom is -0.480 e. The van der Waals surface area contributed by atoms with Crippen LogP contribution in [0, 0.1) is 11.8 Å². The SMILES string of the molecule is CCCC[C@H](NC(=O)C1CCCN(C(=O)NCC(C)C)C1)C(=O)O. The Labute approximate surface area is 144 Å². The Morgan fingerprint density at radius 3 is 2.58 bits per heavy atom. The number of urea groups is 1. The predicted octanol–water partition coefficient (Wildman–Crippen LogP) is 1.82. The molecule has 1 saturated heterocycles. The Morgan fingerprint density at radius 2 is 2.00 bits per heavy atom. The lowest BCUT2D eigenvalue weighted by Gasteiger charge is -2.32. The molecule has 0 spiro atoms. The summed E-state index contributed by atoms with van der Waals surface area (Å²) in [6.45, 7) is 7.60. The smallest absolute Gasteiger partial charge is 0.326 e. The Morgan fingerprint density at radius 1 is 1.29 bits per heavy atom. The molecule has 1 unspecified atom stereocenters. The van der Waals surface area contributed by atoms with Crippen molar-refractivity contribution in [3.8, 4) is 0 Å². The number of amides is 3. The van der Waals surface area contributed by atoms with Crippen LogP contribution in [0.1, 0.15) is 52.9 Å². The second-order valence-corrected chi connectivity index (χ2v) is 6.91. The van der Waals surface area contributed by atoms with E-state index in [-0.39, 0.29) is 17.9 Å². The van der Waals surface area contributed by atoms with E-state index < -0.39 is 12.0 Å². The summed E-state index contributed by atoms with van der Waals surface area (Å²) in [7, 11) is 0. The highest BCUT2D eigenvalue weighted by Crippen LogP contribution is 2.17. The minimum absolute atomic E-state index is 0.151. The number of likely N-dealkylation sites (tertiary alicyclic amines) is 1. The normalized spacial score (nSPS) is 19.0. The van der Waals surface area contributed by atoms with Crippen molar-refractivity contribution < 1.29 is 19.5 Å². The molecule has 1 rings (SSSR count). The molecule has 138 valence electrons. The van der Waals surface area contributed by atoms with Gasteiger partial charge in [-0.15, -0.1) is 0 Å². The van der Waals surface area contributed by atoms with Crippen molar-refractivity contribution in [1.82, 2.24) is 15.5 Å². The van der Waals surface area contributed by atoms with Gasteiger partial charge in [0.25, 0.3) is 0 Å². The summed E-state index contributed by atoms with van der Waals surface area (Å²) < 4.78 is 0. The average molecular weight is 341 g/mol. The van der Waals surface area contributed by atoms with Gasteiger partial charge in [0.1, 0.15) is 6.04 Å². The molecule has 24 heavy (non-hydrogen) atoms. The minimum atomic E-state index is -1.00. The van der Waals surface area contributed by atoms with Crippen molar-refractivity contribution in [1.29, 1.82) is 0 Å². The molecular formula is C17H31N3O4. The number of aliphatic carboxylic acids is 1. The van der Waals surface area contributed by atoms with Crippen LogP contribution in [-0.4, -0.2) is 53.6 Å². The van der Waals surface area contributed by atoms with Gasteiger partial charge < -0.3 is 20.6 Å². The van der Waals surface area contributed by atoms with Crippen LogP contribution in [0.25, 0.3) is 0 Å². The van der Waals surface area contributed by atoms with Crippen LogP contribution in [0.3, 0.4) is 0 Å². The largest absolute Gasteiger partial charge is 0.480 e. The zero-order valence-corrected chi connectivity index (χ0v) is 15.0. The molecule has 1 heterocycles. The fourth-order valence-corrected chi connectivity index (χ4v) is 2.73. The van der Waals surface area contributed by atoms with E-state index in [0.29, 0.717) is 38.4 Å². The van der Waals surface area contributed by atoms with Gasteiger partial charge in [0.2, 0.25) is 5.91 Å². The molecule has 0 radical (unpaired) electrons. The van der Waals surface area contributed by atoms with Gasteiger partial charge >= 0.3 is 12.0 Å². The van der Waals surface area contributed by atoms with Gasteiger partial charge in [0, 0.05) is 19.6 Å². The van der Waals surface area contributed by atoms with E-state index in [1.54, 1.807) is 4.90 Å². The number of piperidine rings is 1. The van der Waals surface area contributed by atoms with Crippen LogP contribution in [-0.2, 0) is 9.59 Å². The maximum absolute atomic E-state index is 12.4. The number of rotatable bonds is 8. The third-order valence-electron chi connectivity index (χ3n) is 4.20. The summed E-state index contributed by atoms with van der Waals surface area (Å²) in [5, 5.41) is 14.7. The van der Waals surface area contributed by atoms with Crippen molar-refractivity contribution in [3.05, 3.63) is 0 Å². The van der Waals surface area contributed by atoms with Crippen molar-refractivity contribution in [2.24, 2.45) is 11.8 Å². The first-order valence-corrected chi connectivity index (χ1v) is 8.91. The van der Waals surface area contributed by atoms with E-state index in [9.17, 15) is 19.5 Å². The third-order valence-corrected chi connectivity index (χ3v) is 4.20. The van der Waals surface area contributed by atoms with Gasteiger partial charge in [-0.2, -0.15) is 0 Å². The zero-order chi connectivity index (χ0) is 18.1. The quantitative estimate of drug-likeness (QED) is 0.627. The van der Waals surface area contributed by atoms with E-state index in [0.717, 1.165) is 19.3 Å². The van der Waals surface area contributed by atoms with E-state index in [4.69, 9.17) is 0 Å². The number of carbonyl (C=O) groups excluding carboxylic acids is 2. The average Bonchev–Trinajstić information content (AvgIpc) is 2.55. The lowest BCUT2D eigenvalue weighted by atomic mass is 9.96. The van der Waals surface area contributed by atoms with Gasteiger partial charge in [0.05, 0.1) is 5.92 Å². The zero-order valence-electron chi connectivity index (χ0n) is 15.0. The maximum Gasteiger partial charge on any atom is 0.326 e. The van der Waals surface area contributed by atoms with Crippen molar-refractivity contribution in [3.63, 3.8) is 0 Å². The molecule has 0 aliphatic carbocycles. The predicted molar refractivity (Wildman–Crippen MR) is 91.6 cm³/mol. The summed E-state index contributed by atoms with van der Waals surface area (Å²) in [5.74, 6) is -1.24. The molecule has 0 aromatic rings. The summed E-state index contributed by atoms with van der Waals surface area (Å²) in [5.41, 5.74) is 0. The number of hydrogen-bond acceptors (Lipinski definition) is 3. The van der Waals surface area contributed by atoms with E-state index in [2.05, 4.69) is 10.6 Å². The summed E-state index contributed by atoms with van der Waals surface area (Å²) in [6.07, 6.45) is 3.50. The second kappa shape index (κ2) is 10.2. The van der Waals surface area contributed by atoms with Crippen LogP contribution in [0.15, 0.2) is 0 Å². The van der Waals surface area contributed by atoms with Crippen molar-refractivity contribution in [2.45, 2.75) is 58.9 Å². The Hall–Kier alpha value is -1.79. The molecule has 2 atom stereocenters. The molecule has 0 aromatic carbocycles. The number of carboxylic acids is 1. The first kappa shape index (κ1) is 20.3. The topological polar surface area (TPSA) is 98.7 Å². The van der Waals surface area contributed by atoms with Crippen molar-refractivity contribution in [2.75, 3.05) is 19.6 Å². The molecule has 0 bridgehead atoms. The van der Waals surface area contributed by atoms with Gasteiger partial charge in [0.15, 0.2) is 0 Å². The molecule has 3 amide bonds. The molecule has 1 aliphatic heterocycles. The monoisotopic (exact) mass is 341 g/mol. The summed E-state index contributed by atoms with van der Waals surface area (Å²) >= 11 is 0. The number of hydrogen-bond donors (Lipinski definition) is 3. The van der Waals surface area contributed by atoms with E-state index >= 15 is 0 Å². The molecule has 7 nitrogen and oxygen atoms in total. The number of carboxylic acid groups (broad SMARTS) is 1. The van der Waals surface area contributed by atoms with Crippen LogP contribution >= 0.6 is 0 Å². The highest BCUT2D eigenvalue weighted by Gasteiger charge is 2.30. The molecular weight excluding hydrogens is 310 g/mol. The second-order valence-electron chi connectivity index (χ2n) is 6.91. The van der Waals surface area contributed by atoms with Gasteiger partial charge in [-0.1, -0.05) is 33.6 Å². The van der Waals surface area contributed by atoms with E-state index in [1.807, 2.05) is 20.8 Å². The highest BCUT2D eigenvalue weighted by molar-refractivity contribution is 5.85. The van der Waals surface area contributed by atoms with E-state index in [1.165, 1.54) is 0 Å². The third kappa shape index (κ3) is 6.76. The summed E-state index contributed by atoms with van der Waals surface area (Å²) in [6, 6.07) is -0.996. The first-order chi connectivity index (χ1) is 11.3. The fraction of sp³-hybridized carbons (Fsp3) is 0.824. The maximum atomic E-state index is 12.4. The van der Waals surface area contributed by atoms with Crippen LogP contribution in [0.5, 0.6) is 0 Å². The van der Waals surface area contributed by atoms with Gasteiger partial charge in [-0.05, 0) is 25.2 Å². The lowest BCUT2D eigenvalue weighted by Crippen LogP contribution is -2.51. The lowest BCUT2D eigenvalue weighted by molar-refractivity contribution is -0.143. The van der Waals surface area contributed by atoms with Crippen LogP contribution in [0.4, 0.5) is 4.79 Å². The molecule has 0 saturated carbocycles. The highest BCUT2D eigenvalue weighted by atomic mass is 16.4. The Balaban J connectivity index is 2.54. The Kier molecular flexibility index (Phi) is 8.57. The van der Waals surface area contributed by atoms with Crippen molar-refractivity contribution >= 4 is 17.9 Å². The number of unbranched alkanes of at least 4 members (excludes halogenated alkanes) is 1. The fourth-order valence-electron chi connectivity index (χ4n) is 2.73. The Bertz CT molecular complexity index is 440. The number of nitrogens with zero attached hydrogens (tertiary/aromatic N) is 1. The van der Waals surface area contributed by atoms with Gasteiger partial charge in [-0.3, -0.25) is 4.79 Å². The number of carbonyl (C=O) groups is 3. The first-order valence-electron chi connectivity index (χ1n) is 8.91. The molecule has 0 aromatic heterocycles. The standard InChI is InChI=1S/C17H31N3O4/c1-4-5-8-14(16(22)23)19-15(21)13-7-6-9-20(11-13)17(24)18-10-12(2)3/h12-14H,4-11H2,1-3H3,(H,18,24)(H,19,21)(H,22,23)/t13?,14-/m0/s1. The van der Waals surface area contributed by atoms with Crippen LogP contribution in [0.2, 0.25) is 0 Å². The van der Waals surface area contributed by atoms with Gasteiger partial charge in [-0.25, -0.2) is 9.59 Å². The van der Waals surface area contributed by atoms with Crippen LogP contribution < -0.4 is 10.6 Å². The molecule has 1 aliphatic rings.